The second-order valence-corrected chi connectivity index (χ2v) is 2.71. The Morgan fingerprint density at radius 1 is 0.600 bits per heavy atom. The highest BCUT2D eigenvalue weighted by atomic mass is 19.3. The average molecular weight is 156 g/mol. The van der Waals surface area contributed by atoms with Crippen LogP contribution in [0.1, 0.15) is 25.7 Å². The van der Waals surface area contributed by atoms with E-state index in [0.717, 1.165) is 0 Å². The van der Waals surface area contributed by atoms with E-state index in [0.29, 0.717) is 0 Å². The first-order valence-corrected chi connectivity index (χ1v) is 3.17. The Balaban J connectivity index is 2.46. The molecule has 0 aromatic carbocycles. The van der Waals surface area contributed by atoms with E-state index in [2.05, 4.69) is 0 Å². The van der Waals surface area contributed by atoms with Gasteiger partial charge in [-0.15, -0.1) is 0 Å². The molecule has 0 spiro atoms. The van der Waals surface area contributed by atoms with Gasteiger partial charge in [-0.25, -0.2) is 17.6 Å². The molecule has 1 saturated carbocycles. The summed E-state index contributed by atoms with van der Waals surface area (Å²) in [5.74, 6) is -5.69. The highest BCUT2D eigenvalue weighted by molar-refractivity contribution is 4.81. The molecule has 4 heteroatoms. The Hall–Kier alpha value is -0.280. The minimum atomic E-state index is -2.85. The molecule has 1 fully saturated rings. The molecule has 60 valence electrons. The molecule has 0 amide bonds. The molecule has 1 aliphatic rings. The molecule has 0 aromatic heterocycles. The lowest BCUT2D eigenvalue weighted by molar-refractivity contribution is -0.122. The van der Waals surface area contributed by atoms with Crippen LogP contribution in [0.2, 0.25) is 0 Å². The Bertz CT molecular complexity index is 102. The third-order valence-corrected chi connectivity index (χ3v) is 1.71. The van der Waals surface area contributed by atoms with Gasteiger partial charge in [0.2, 0.25) is 11.8 Å². The van der Waals surface area contributed by atoms with Gasteiger partial charge in [-0.3, -0.25) is 0 Å². The number of hydrogen-bond acceptors (Lipinski definition) is 0. The summed E-state index contributed by atoms with van der Waals surface area (Å²) in [6.45, 7) is 0. The first-order chi connectivity index (χ1) is 4.41. The fraction of sp³-hybridized carbons (Fsp3) is 1.00. The van der Waals surface area contributed by atoms with Crippen molar-refractivity contribution in [2.24, 2.45) is 0 Å². The van der Waals surface area contributed by atoms with Crippen molar-refractivity contribution in [3.8, 4) is 0 Å². The SMILES string of the molecule is FC1(F)CCC(F)(F)CC1. The highest BCUT2D eigenvalue weighted by Crippen LogP contribution is 2.41. The van der Waals surface area contributed by atoms with E-state index in [9.17, 15) is 17.6 Å². The summed E-state index contributed by atoms with van der Waals surface area (Å²) >= 11 is 0. The third-order valence-electron chi connectivity index (χ3n) is 1.71. The standard InChI is InChI=1S/C6H8F4/c7-5(8)1-2-6(9,10)4-3-5/h1-4H2. The smallest absolute Gasteiger partial charge is 0.207 e. The number of halogens is 4. The number of alkyl halides is 4. The molecule has 0 unspecified atom stereocenters. The van der Waals surface area contributed by atoms with Gasteiger partial charge in [-0.05, 0) is 0 Å². The summed E-state index contributed by atoms with van der Waals surface area (Å²) in [7, 11) is 0. The quantitative estimate of drug-likeness (QED) is 0.473. The molecular formula is C6H8F4. The topological polar surface area (TPSA) is 0 Å². The molecular weight excluding hydrogens is 148 g/mol. The summed E-state index contributed by atoms with van der Waals surface area (Å²) in [6, 6.07) is 0. The summed E-state index contributed by atoms with van der Waals surface area (Å²) in [5, 5.41) is 0. The fourth-order valence-electron chi connectivity index (χ4n) is 0.982. The van der Waals surface area contributed by atoms with Crippen LogP contribution in [0, 0.1) is 0 Å². The zero-order valence-corrected chi connectivity index (χ0v) is 5.34. The van der Waals surface area contributed by atoms with Gasteiger partial charge in [0.15, 0.2) is 0 Å². The van der Waals surface area contributed by atoms with E-state index >= 15 is 0 Å². The average Bonchev–Trinajstić information content (AvgIpc) is 1.79. The Morgan fingerprint density at radius 3 is 1.00 bits per heavy atom. The van der Waals surface area contributed by atoms with Gasteiger partial charge in [0.05, 0.1) is 0 Å². The molecule has 10 heavy (non-hydrogen) atoms. The fourth-order valence-corrected chi connectivity index (χ4v) is 0.982. The first-order valence-electron chi connectivity index (χ1n) is 3.17. The van der Waals surface area contributed by atoms with Crippen molar-refractivity contribution in [1.82, 2.24) is 0 Å². The van der Waals surface area contributed by atoms with Crippen LogP contribution >= 0.6 is 0 Å². The zero-order chi connectivity index (χ0) is 7.83. The second kappa shape index (κ2) is 2.10. The largest absolute Gasteiger partial charge is 0.248 e. The normalized spacial score (nSPS) is 30.0. The molecule has 1 rings (SSSR count). The van der Waals surface area contributed by atoms with Crippen LogP contribution in [0.25, 0.3) is 0 Å². The van der Waals surface area contributed by atoms with E-state index in [1.165, 1.54) is 0 Å². The number of hydrogen-bond donors (Lipinski definition) is 0. The van der Waals surface area contributed by atoms with Crippen molar-refractivity contribution in [3.63, 3.8) is 0 Å². The molecule has 0 saturated heterocycles. The first kappa shape index (κ1) is 7.82. The summed E-state index contributed by atoms with van der Waals surface area (Å²) in [4.78, 5) is 0. The van der Waals surface area contributed by atoms with E-state index in [1.54, 1.807) is 0 Å². The maximum absolute atomic E-state index is 12.2. The Labute approximate surface area is 56.2 Å². The van der Waals surface area contributed by atoms with Crippen LogP contribution < -0.4 is 0 Å². The van der Waals surface area contributed by atoms with Crippen LogP contribution in [-0.4, -0.2) is 11.8 Å². The molecule has 0 radical (unpaired) electrons. The van der Waals surface area contributed by atoms with Crippen LogP contribution in [-0.2, 0) is 0 Å². The summed E-state index contributed by atoms with van der Waals surface area (Å²) < 4.78 is 48.9. The van der Waals surface area contributed by atoms with Crippen molar-refractivity contribution in [2.45, 2.75) is 37.5 Å². The van der Waals surface area contributed by atoms with Crippen LogP contribution in [0.15, 0.2) is 0 Å². The van der Waals surface area contributed by atoms with Crippen LogP contribution in [0.3, 0.4) is 0 Å². The van der Waals surface area contributed by atoms with E-state index in [1.807, 2.05) is 0 Å². The molecule has 0 bridgehead atoms. The molecule has 0 N–H and O–H groups in total. The van der Waals surface area contributed by atoms with Crippen LogP contribution in [0.5, 0.6) is 0 Å². The van der Waals surface area contributed by atoms with E-state index in [4.69, 9.17) is 0 Å². The van der Waals surface area contributed by atoms with Gasteiger partial charge in [0, 0.05) is 25.7 Å². The van der Waals surface area contributed by atoms with Gasteiger partial charge < -0.3 is 0 Å². The maximum Gasteiger partial charge on any atom is 0.248 e. The Morgan fingerprint density at radius 2 is 0.800 bits per heavy atom. The molecule has 0 atom stereocenters. The van der Waals surface area contributed by atoms with Crippen molar-refractivity contribution < 1.29 is 17.6 Å². The number of rotatable bonds is 0. The van der Waals surface area contributed by atoms with Crippen molar-refractivity contribution in [3.05, 3.63) is 0 Å². The molecule has 0 nitrogen and oxygen atoms in total. The second-order valence-electron chi connectivity index (χ2n) is 2.71. The van der Waals surface area contributed by atoms with Crippen LogP contribution in [0.4, 0.5) is 17.6 Å². The van der Waals surface area contributed by atoms with E-state index in [-0.39, 0.29) is 0 Å². The van der Waals surface area contributed by atoms with Gasteiger partial charge >= 0.3 is 0 Å². The molecule has 0 aliphatic heterocycles. The minimum absolute atomic E-state index is 0.667. The van der Waals surface area contributed by atoms with Gasteiger partial charge in [-0.2, -0.15) is 0 Å². The highest BCUT2D eigenvalue weighted by Gasteiger charge is 2.43. The predicted octanol–water partition coefficient (Wildman–Crippen LogP) is 2.83. The lowest BCUT2D eigenvalue weighted by Crippen LogP contribution is -2.31. The van der Waals surface area contributed by atoms with Gasteiger partial charge in [-0.1, -0.05) is 0 Å². The molecule has 0 aromatic rings. The monoisotopic (exact) mass is 156 g/mol. The molecule has 0 heterocycles. The Kier molecular flexibility index (Phi) is 1.65. The maximum atomic E-state index is 12.2. The van der Waals surface area contributed by atoms with Gasteiger partial charge in [0.25, 0.3) is 0 Å². The third kappa shape index (κ3) is 1.85. The minimum Gasteiger partial charge on any atom is -0.207 e. The van der Waals surface area contributed by atoms with Crippen molar-refractivity contribution in [1.29, 1.82) is 0 Å². The van der Waals surface area contributed by atoms with E-state index < -0.39 is 37.5 Å². The lowest BCUT2D eigenvalue weighted by Gasteiger charge is -2.27. The predicted molar refractivity (Wildman–Crippen MR) is 28.4 cm³/mol. The molecule has 1 aliphatic carbocycles. The lowest BCUT2D eigenvalue weighted by atomic mass is 9.93. The van der Waals surface area contributed by atoms with Crippen molar-refractivity contribution >= 4 is 0 Å². The van der Waals surface area contributed by atoms with Gasteiger partial charge in [0.1, 0.15) is 0 Å². The summed E-state index contributed by atoms with van der Waals surface area (Å²) in [5.41, 5.74) is 0. The zero-order valence-electron chi connectivity index (χ0n) is 5.34. The van der Waals surface area contributed by atoms with Crippen molar-refractivity contribution in [2.75, 3.05) is 0 Å². The summed E-state index contributed by atoms with van der Waals surface area (Å²) in [6.07, 6.45) is -2.67.